The van der Waals surface area contributed by atoms with E-state index in [4.69, 9.17) is 4.74 Å². The van der Waals surface area contributed by atoms with Crippen LogP contribution in [0.25, 0.3) is 0 Å². The van der Waals surface area contributed by atoms with E-state index in [1.165, 1.54) is 12.1 Å². The van der Waals surface area contributed by atoms with Crippen LogP contribution in [-0.2, 0) is 28.7 Å². The Balaban J connectivity index is 1.72. The highest BCUT2D eigenvalue weighted by atomic mass is 19.4. The van der Waals surface area contributed by atoms with Gasteiger partial charge in [-0.2, -0.15) is 18.3 Å². The Morgan fingerprint density at radius 3 is 2.55 bits per heavy atom. The van der Waals surface area contributed by atoms with Gasteiger partial charge in [0.25, 0.3) is 0 Å². The van der Waals surface area contributed by atoms with Gasteiger partial charge >= 0.3 is 12.1 Å². The zero-order valence-electron chi connectivity index (χ0n) is 18.1. The Bertz CT molecular complexity index is 844. The SMILES string of the molecule is CCOC(=O)C1(Cc2ccccc2C(F)(F)F)CCN([C@H](C)CCn2cccn2)CC1. The van der Waals surface area contributed by atoms with Gasteiger partial charge in [0.1, 0.15) is 0 Å². The number of aromatic nitrogens is 2. The van der Waals surface area contributed by atoms with Gasteiger partial charge in [-0.05, 0) is 70.3 Å². The van der Waals surface area contributed by atoms with Crippen LogP contribution < -0.4 is 0 Å². The summed E-state index contributed by atoms with van der Waals surface area (Å²) in [5.74, 6) is -0.393. The van der Waals surface area contributed by atoms with Crippen molar-refractivity contribution >= 4 is 5.97 Å². The van der Waals surface area contributed by atoms with Crippen molar-refractivity contribution in [3.05, 3.63) is 53.9 Å². The Kier molecular flexibility index (Phi) is 7.41. The van der Waals surface area contributed by atoms with Crippen LogP contribution in [0, 0.1) is 5.41 Å². The average Bonchev–Trinajstić information content (AvgIpc) is 3.26. The van der Waals surface area contributed by atoms with Crippen molar-refractivity contribution in [2.24, 2.45) is 5.41 Å². The second-order valence-electron chi connectivity index (χ2n) is 8.28. The van der Waals surface area contributed by atoms with Crippen molar-refractivity contribution in [2.75, 3.05) is 19.7 Å². The number of carbonyl (C=O) groups is 1. The first-order valence-corrected chi connectivity index (χ1v) is 10.8. The van der Waals surface area contributed by atoms with Crippen molar-refractivity contribution in [1.29, 1.82) is 0 Å². The van der Waals surface area contributed by atoms with Gasteiger partial charge in [-0.15, -0.1) is 0 Å². The number of hydrogen-bond acceptors (Lipinski definition) is 4. The zero-order chi connectivity index (χ0) is 22.5. The molecule has 0 spiro atoms. The summed E-state index contributed by atoms with van der Waals surface area (Å²) >= 11 is 0. The molecule has 1 aliphatic heterocycles. The number of benzene rings is 1. The molecule has 2 heterocycles. The first-order chi connectivity index (χ1) is 14.7. The summed E-state index contributed by atoms with van der Waals surface area (Å²) < 4.78 is 47.8. The molecule has 3 rings (SSSR count). The van der Waals surface area contributed by atoms with E-state index in [0.717, 1.165) is 19.0 Å². The number of alkyl halides is 3. The molecule has 1 aromatic heterocycles. The lowest BCUT2D eigenvalue weighted by atomic mass is 9.72. The predicted molar refractivity (Wildman–Crippen MR) is 111 cm³/mol. The highest BCUT2D eigenvalue weighted by Crippen LogP contribution is 2.41. The normalized spacial score (nSPS) is 18.0. The summed E-state index contributed by atoms with van der Waals surface area (Å²) in [5.41, 5.74) is -1.45. The van der Waals surface area contributed by atoms with Gasteiger partial charge in [0.2, 0.25) is 0 Å². The van der Waals surface area contributed by atoms with Crippen molar-refractivity contribution in [3.63, 3.8) is 0 Å². The fourth-order valence-electron chi connectivity index (χ4n) is 4.38. The molecule has 1 saturated heterocycles. The molecule has 1 aliphatic rings. The molecule has 0 radical (unpaired) electrons. The van der Waals surface area contributed by atoms with Crippen molar-refractivity contribution in [1.82, 2.24) is 14.7 Å². The van der Waals surface area contributed by atoms with E-state index in [-0.39, 0.29) is 24.6 Å². The van der Waals surface area contributed by atoms with Crippen molar-refractivity contribution in [2.45, 2.75) is 58.3 Å². The topological polar surface area (TPSA) is 47.4 Å². The lowest BCUT2D eigenvalue weighted by Crippen LogP contribution is -2.49. The molecule has 31 heavy (non-hydrogen) atoms. The van der Waals surface area contributed by atoms with Crippen LogP contribution in [0.2, 0.25) is 0 Å². The minimum atomic E-state index is -4.45. The van der Waals surface area contributed by atoms with E-state index in [2.05, 4.69) is 16.9 Å². The molecular formula is C23H30F3N3O2. The quantitative estimate of drug-likeness (QED) is 0.568. The molecule has 0 aliphatic carbocycles. The van der Waals surface area contributed by atoms with E-state index < -0.39 is 23.1 Å². The fourth-order valence-corrected chi connectivity index (χ4v) is 4.38. The van der Waals surface area contributed by atoms with Crippen LogP contribution >= 0.6 is 0 Å². The van der Waals surface area contributed by atoms with E-state index in [9.17, 15) is 18.0 Å². The van der Waals surface area contributed by atoms with Gasteiger partial charge in [-0.3, -0.25) is 9.48 Å². The molecule has 8 heteroatoms. The number of carbonyl (C=O) groups excluding carboxylic acids is 1. The first-order valence-electron chi connectivity index (χ1n) is 10.8. The number of halogens is 3. The Hall–Kier alpha value is -2.35. The van der Waals surface area contributed by atoms with Gasteiger partial charge in [0, 0.05) is 25.0 Å². The average molecular weight is 438 g/mol. The molecule has 1 fully saturated rings. The number of ether oxygens (including phenoxy) is 1. The number of rotatable bonds is 8. The smallest absolute Gasteiger partial charge is 0.416 e. The number of likely N-dealkylation sites (tertiary alicyclic amines) is 1. The second-order valence-corrected chi connectivity index (χ2v) is 8.28. The van der Waals surface area contributed by atoms with Gasteiger partial charge < -0.3 is 9.64 Å². The lowest BCUT2D eigenvalue weighted by Gasteiger charge is -2.42. The molecule has 0 saturated carbocycles. The van der Waals surface area contributed by atoms with Crippen molar-refractivity contribution in [3.8, 4) is 0 Å². The number of nitrogens with zero attached hydrogens (tertiary/aromatic N) is 3. The molecule has 1 aromatic carbocycles. The zero-order valence-corrected chi connectivity index (χ0v) is 18.1. The maximum atomic E-state index is 13.5. The molecule has 0 bridgehead atoms. The largest absolute Gasteiger partial charge is 0.466 e. The van der Waals surface area contributed by atoms with Gasteiger partial charge in [0.05, 0.1) is 17.6 Å². The third-order valence-corrected chi connectivity index (χ3v) is 6.27. The predicted octanol–water partition coefficient (Wildman–Crippen LogP) is 4.57. The number of aryl methyl sites for hydroxylation is 1. The summed E-state index contributed by atoms with van der Waals surface area (Å²) in [6.45, 7) is 6.17. The molecule has 0 unspecified atom stereocenters. The van der Waals surface area contributed by atoms with Crippen LogP contribution in [-0.4, -0.2) is 46.4 Å². The molecular weight excluding hydrogens is 407 g/mol. The highest BCUT2D eigenvalue weighted by molar-refractivity contribution is 5.77. The fraction of sp³-hybridized carbons (Fsp3) is 0.565. The van der Waals surface area contributed by atoms with Crippen molar-refractivity contribution < 1.29 is 22.7 Å². The van der Waals surface area contributed by atoms with Crippen LogP contribution in [0.5, 0.6) is 0 Å². The van der Waals surface area contributed by atoms with Crippen LogP contribution in [0.4, 0.5) is 13.2 Å². The summed E-state index contributed by atoms with van der Waals surface area (Å²) in [4.78, 5) is 15.2. The van der Waals surface area contributed by atoms with Crippen LogP contribution in [0.3, 0.4) is 0 Å². The molecule has 2 aromatic rings. The van der Waals surface area contributed by atoms with Gasteiger partial charge in [-0.1, -0.05) is 18.2 Å². The Labute approximate surface area is 181 Å². The van der Waals surface area contributed by atoms with Gasteiger partial charge in [0.15, 0.2) is 0 Å². The highest BCUT2D eigenvalue weighted by Gasteiger charge is 2.45. The second kappa shape index (κ2) is 9.85. The Morgan fingerprint density at radius 2 is 1.94 bits per heavy atom. The first kappa shape index (κ1) is 23.3. The monoisotopic (exact) mass is 437 g/mol. The van der Waals surface area contributed by atoms with Crippen LogP contribution in [0.15, 0.2) is 42.7 Å². The molecule has 5 nitrogen and oxygen atoms in total. The minimum absolute atomic E-state index is 0.0387. The van der Waals surface area contributed by atoms with E-state index in [1.54, 1.807) is 19.2 Å². The maximum Gasteiger partial charge on any atom is 0.416 e. The minimum Gasteiger partial charge on any atom is -0.466 e. The molecule has 0 N–H and O–H groups in total. The summed E-state index contributed by atoms with van der Waals surface area (Å²) in [7, 11) is 0. The molecule has 170 valence electrons. The third kappa shape index (κ3) is 5.67. The van der Waals surface area contributed by atoms with E-state index in [1.807, 2.05) is 16.9 Å². The Morgan fingerprint density at radius 1 is 1.23 bits per heavy atom. The third-order valence-electron chi connectivity index (χ3n) is 6.27. The summed E-state index contributed by atoms with van der Waals surface area (Å²) in [6, 6.07) is 7.71. The van der Waals surface area contributed by atoms with E-state index in [0.29, 0.717) is 25.9 Å². The molecule has 1 atom stereocenters. The number of esters is 1. The summed E-state index contributed by atoms with van der Waals surface area (Å²) in [6.07, 6.45) is 1.12. The lowest BCUT2D eigenvalue weighted by molar-refractivity contribution is -0.159. The van der Waals surface area contributed by atoms with Gasteiger partial charge in [-0.25, -0.2) is 0 Å². The van der Waals surface area contributed by atoms with Crippen LogP contribution in [0.1, 0.15) is 44.2 Å². The summed E-state index contributed by atoms with van der Waals surface area (Å²) in [5, 5.41) is 4.22. The standard InChI is InChI=1S/C23H30F3N3O2/c1-3-31-21(30)22(17-19-7-4-5-8-20(19)23(24,25)26)10-15-28(16-11-22)18(2)9-14-29-13-6-12-27-29/h4-8,12-13,18H,3,9-11,14-17H2,1-2H3/t18-/m1/s1. The number of hydrogen-bond donors (Lipinski definition) is 0. The maximum absolute atomic E-state index is 13.5. The van der Waals surface area contributed by atoms with E-state index >= 15 is 0 Å². The molecule has 0 amide bonds. The number of piperidine rings is 1.